The van der Waals surface area contributed by atoms with Crippen molar-refractivity contribution in [3.63, 3.8) is 0 Å². The molecule has 40 heavy (non-hydrogen) atoms. The molecule has 4 aromatic rings. The predicted octanol–water partition coefficient (Wildman–Crippen LogP) is -3.40. The molecule has 0 bridgehead atoms. The van der Waals surface area contributed by atoms with Gasteiger partial charge < -0.3 is 36.3 Å². The van der Waals surface area contributed by atoms with Crippen molar-refractivity contribution in [3.8, 4) is 0 Å². The monoisotopic (exact) mass is 561 g/mol. The summed E-state index contributed by atoms with van der Waals surface area (Å²) < 4.78 is 14.6. The van der Waals surface area contributed by atoms with Gasteiger partial charge in [-0.15, -0.1) is 0 Å². The Balaban J connectivity index is 1.07. The molecule has 7 atom stereocenters. The number of nitrogens with one attached hydrogen (secondary N) is 3. The summed E-state index contributed by atoms with van der Waals surface area (Å²) >= 11 is 0. The molecule has 19 heteroatoms. The number of anilines is 2. The largest absolute Gasteiger partial charge is 0.394 e. The van der Waals surface area contributed by atoms with Crippen LogP contribution < -0.4 is 28.1 Å². The summed E-state index contributed by atoms with van der Waals surface area (Å²) in [7, 11) is 0. The van der Waals surface area contributed by atoms with Gasteiger partial charge >= 0.3 is 0 Å². The van der Waals surface area contributed by atoms with Crippen molar-refractivity contribution in [2.45, 2.75) is 55.8 Å². The van der Waals surface area contributed by atoms with E-state index < -0.39 is 60.7 Å². The highest BCUT2D eigenvalue weighted by Gasteiger charge is 2.46. The van der Waals surface area contributed by atoms with Crippen molar-refractivity contribution in [3.05, 3.63) is 33.4 Å². The Labute approximate surface area is 222 Å². The average Bonchev–Trinajstić information content (AvgIpc) is 3.67. The zero-order chi connectivity index (χ0) is 28.1. The number of nitrogens with two attached hydrogens (primary N) is 2. The maximum Gasteiger partial charge on any atom is 0.280 e. The predicted molar refractivity (Wildman–Crippen MR) is 134 cm³/mol. The molecule has 2 fully saturated rings. The molecular formula is C21H27N11O8. The maximum atomic E-state index is 12.1. The molecule has 10 N–H and O–H groups in total. The first-order chi connectivity index (χ1) is 19.2. The Bertz CT molecular complexity index is 1650. The fraction of sp³-hybridized carbons (Fsp3) is 0.524. The van der Waals surface area contributed by atoms with Crippen LogP contribution in [0.3, 0.4) is 0 Å². The summed E-state index contributed by atoms with van der Waals surface area (Å²) in [5.41, 5.74) is 13.5. The molecule has 0 aliphatic carbocycles. The Morgan fingerprint density at radius 3 is 2.27 bits per heavy atom. The number of aliphatic hydroxyl groups excluding tert-OH is 3. The maximum absolute atomic E-state index is 12.1. The number of H-pyrrole nitrogens is 2. The third-order valence-electron chi connectivity index (χ3n) is 6.93. The lowest BCUT2D eigenvalue weighted by molar-refractivity contribution is -0.103. The fourth-order valence-corrected chi connectivity index (χ4v) is 5.03. The van der Waals surface area contributed by atoms with Gasteiger partial charge in [-0.05, 0) is 6.42 Å². The molecule has 0 aromatic carbocycles. The van der Waals surface area contributed by atoms with Crippen LogP contribution in [-0.4, -0.2) is 98.0 Å². The van der Waals surface area contributed by atoms with Gasteiger partial charge in [-0.2, -0.15) is 9.97 Å². The zero-order valence-corrected chi connectivity index (χ0v) is 20.7. The van der Waals surface area contributed by atoms with E-state index in [-0.39, 0.29) is 47.2 Å². The van der Waals surface area contributed by atoms with E-state index in [9.17, 15) is 24.9 Å². The molecule has 6 rings (SSSR count). The third-order valence-corrected chi connectivity index (χ3v) is 6.93. The van der Waals surface area contributed by atoms with Crippen LogP contribution in [0.15, 0.2) is 22.2 Å². The van der Waals surface area contributed by atoms with Crippen LogP contribution in [0.5, 0.6) is 0 Å². The molecule has 4 aromatic heterocycles. The van der Waals surface area contributed by atoms with E-state index in [1.165, 1.54) is 17.2 Å². The topological polar surface area (TPSA) is 280 Å². The Morgan fingerprint density at radius 2 is 1.62 bits per heavy atom. The lowest BCUT2D eigenvalue weighted by Crippen LogP contribution is -2.41. The Kier molecular flexibility index (Phi) is 6.70. The summed E-state index contributed by atoms with van der Waals surface area (Å²) in [6, 6.07) is 0. The van der Waals surface area contributed by atoms with Gasteiger partial charge in [-0.1, -0.05) is 0 Å². The van der Waals surface area contributed by atoms with Crippen molar-refractivity contribution < 1.29 is 29.6 Å². The normalized spacial score (nSPS) is 28.7. The molecule has 19 nitrogen and oxygen atoms in total. The number of nitrogens with zero attached hydrogens (tertiary/aromatic N) is 6. The van der Waals surface area contributed by atoms with Crippen LogP contribution in [-0.2, 0) is 14.3 Å². The third kappa shape index (κ3) is 4.48. The number of rotatable bonds is 8. The second-order valence-corrected chi connectivity index (χ2v) is 9.49. The first kappa shape index (κ1) is 26.3. The van der Waals surface area contributed by atoms with E-state index >= 15 is 0 Å². The van der Waals surface area contributed by atoms with E-state index in [1.807, 2.05) is 0 Å². The number of imidazole rings is 2. The Morgan fingerprint density at radius 1 is 1.00 bits per heavy atom. The highest BCUT2D eigenvalue weighted by atomic mass is 16.7. The van der Waals surface area contributed by atoms with Crippen LogP contribution in [0.2, 0.25) is 0 Å². The van der Waals surface area contributed by atoms with E-state index in [2.05, 4.69) is 35.4 Å². The van der Waals surface area contributed by atoms with Gasteiger partial charge in [0.2, 0.25) is 11.9 Å². The van der Waals surface area contributed by atoms with Gasteiger partial charge in [0.15, 0.2) is 28.6 Å². The van der Waals surface area contributed by atoms with E-state index in [0.29, 0.717) is 6.42 Å². The number of ether oxygens (including phenoxy) is 2. The number of hydrogen-bond acceptors (Lipinski definition) is 15. The molecule has 2 aliphatic heterocycles. The molecule has 2 aliphatic rings. The van der Waals surface area contributed by atoms with Gasteiger partial charge in [-0.25, -0.2) is 15.4 Å². The van der Waals surface area contributed by atoms with E-state index in [4.69, 9.17) is 25.8 Å². The van der Waals surface area contributed by atoms with Crippen molar-refractivity contribution >= 4 is 34.2 Å². The first-order valence-electron chi connectivity index (χ1n) is 12.4. The molecule has 0 spiro atoms. The molecule has 0 radical (unpaired) electrons. The number of fused-ring (bicyclic) bond motifs is 2. The number of aromatic amines is 2. The molecule has 0 unspecified atom stereocenters. The summed E-state index contributed by atoms with van der Waals surface area (Å²) in [4.78, 5) is 50.8. The molecule has 0 saturated carbocycles. The summed E-state index contributed by atoms with van der Waals surface area (Å²) in [6.45, 7) is -0.257. The van der Waals surface area contributed by atoms with Gasteiger partial charge in [0.25, 0.3) is 11.1 Å². The van der Waals surface area contributed by atoms with Crippen LogP contribution >= 0.6 is 0 Å². The molecule has 0 amide bonds. The van der Waals surface area contributed by atoms with Gasteiger partial charge in [0, 0.05) is 13.0 Å². The summed E-state index contributed by atoms with van der Waals surface area (Å²) in [5, 5.41) is 31.3. The van der Waals surface area contributed by atoms with Crippen molar-refractivity contribution in [2.24, 2.45) is 0 Å². The van der Waals surface area contributed by atoms with Crippen LogP contribution in [0, 0.1) is 0 Å². The second-order valence-electron chi connectivity index (χ2n) is 9.49. The average molecular weight is 562 g/mol. The zero-order valence-electron chi connectivity index (χ0n) is 20.7. The van der Waals surface area contributed by atoms with Gasteiger partial charge in [-0.3, -0.25) is 33.5 Å². The number of hydrogen-bond donors (Lipinski definition) is 8. The van der Waals surface area contributed by atoms with Crippen LogP contribution in [0.4, 0.5) is 11.9 Å². The highest BCUT2D eigenvalue weighted by molar-refractivity contribution is 5.71. The van der Waals surface area contributed by atoms with E-state index in [0.717, 1.165) is 0 Å². The van der Waals surface area contributed by atoms with Crippen LogP contribution in [0.1, 0.15) is 25.3 Å². The SMILES string of the molecule is Nc1nc2c(ncn2[C@@H]2O[C@H](CO)[C@@H](ONCC[C@H]3O[C@@H](n4cnc5c(=O)[nH]c(N)nc54)C[C@@H]3O)[C@H]2O)c(=O)[nH]1. The number of aliphatic hydroxyl groups is 3. The smallest absolute Gasteiger partial charge is 0.280 e. The van der Waals surface area contributed by atoms with Crippen LogP contribution in [0.25, 0.3) is 22.3 Å². The fourth-order valence-electron chi connectivity index (χ4n) is 5.03. The standard InChI is InChI=1S/C21H27N11O8/c22-20-27-15-11(17(36)29-20)24-5-31(15)10-3-7(34)8(38-10)1-2-26-40-14-9(4-33)39-19(13(14)35)32-6-25-12-16(32)28-21(23)30-18(12)37/h5-10,13-14,19,26,33-35H,1-4H2,(H3,22,27,29,36)(H3,23,28,30,37)/t7-,8+,9+,10+,13+,14+,19+/m0/s1. The van der Waals surface area contributed by atoms with Crippen molar-refractivity contribution in [1.82, 2.24) is 44.5 Å². The number of aromatic nitrogens is 8. The molecule has 6 heterocycles. The molecule has 214 valence electrons. The van der Waals surface area contributed by atoms with Crippen molar-refractivity contribution in [1.29, 1.82) is 0 Å². The highest BCUT2D eigenvalue weighted by Crippen LogP contribution is 2.33. The lowest BCUT2D eigenvalue weighted by Gasteiger charge is -2.21. The number of nitrogen functional groups attached to an aromatic ring is 2. The first-order valence-corrected chi connectivity index (χ1v) is 12.4. The summed E-state index contributed by atoms with van der Waals surface area (Å²) in [5.74, 6) is -0.193. The second kappa shape index (κ2) is 10.2. The minimum Gasteiger partial charge on any atom is -0.394 e. The minimum atomic E-state index is -1.28. The quantitative estimate of drug-likeness (QED) is 0.0768. The van der Waals surface area contributed by atoms with E-state index in [1.54, 1.807) is 4.57 Å². The Hall–Kier alpha value is -3.98. The lowest BCUT2D eigenvalue weighted by atomic mass is 10.1. The molecule has 2 saturated heterocycles. The van der Waals surface area contributed by atoms with Gasteiger partial charge in [0.1, 0.15) is 24.5 Å². The summed E-state index contributed by atoms with van der Waals surface area (Å²) in [6.07, 6.45) is -3.06. The molecular weight excluding hydrogens is 534 g/mol. The van der Waals surface area contributed by atoms with Gasteiger partial charge in [0.05, 0.1) is 31.5 Å². The number of hydroxylamine groups is 1. The van der Waals surface area contributed by atoms with Crippen molar-refractivity contribution in [2.75, 3.05) is 24.6 Å². The minimum absolute atomic E-state index is 0.0104.